The molecule has 1 aromatic heterocycles. The van der Waals surface area contributed by atoms with Crippen LogP contribution in [0.25, 0.3) is 0 Å². The van der Waals surface area contributed by atoms with E-state index in [1.165, 1.54) is 14.2 Å². The molecule has 1 heterocycles. The van der Waals surface area contributed by atoms with Gasteiger partial charge in [-0.3, -0.25) is 4.79 Å². The number of amides is 1. The van der Waals surface area contributed by atoms with E-state index in [0.717, 1.165) is 0 Å². The molecule has 2 aromatic rings. The van der Waals surface area contributed by atoms with Crippen LogP contribution in [0.15, 0.2) is 12.1 Å². The molecule has 1 N–H and O–H groups in total. The number of aromatic nitrogens is 3. The van der Waals surface area contributed by atoms with Crippen molar-refractivity contribution in [3.8, 4) is 18.0 Å². The largest absolute Gasteiger partial charge is 0.467 e. The Morgan fingerprint density at radius 1 is 0.939 bits per heavy atom. The minimum atomic E-state index is -1.37. The standard InChI is InChI=1S/C20H23F3N4O6/c1-20(2,3)33-19(29)24-11(6-10-7-13(22)14(23)9-12(10)21)8-15(28)32-18-26-16(30-4)25-17(27-18)31-5/h7,9,11H,6,8H2,1-5H3,(H,24,29)/t11-/m1/s1. The molecule has 0 bridgehead atoms. The van der Waals surface area contributed by atoms with Crippen LogP contribution in [0.4, 0.5) is 18.0 Å². The number of esters is 1. The summed E-state index contributed by atoms with van der Waals surface area (Å²) < 4.78 is 60.9. The van der Waals surface area contributed by atoms with Crippen molar-refractivity contribution in [1.29, 1.82) is 0 Å². The molecule has 0 saturated heterocycles. The molecule has 0 aliphatic rings. The topological polar surface area (TPSA) is 122 Å². The molecule has 10 nitrogen and oxygen atoms in total. The van der Waals surface area contributed by atoms with E-state index in [4.69, 9.17) is 18.9 Å². The van der Waals surface area contributed by atoms with E-state index in [1.807, 2.05) is 0 Å². The van der Waals surface area contributed by atoms with Crippen molar-refractivity contribution in [2.75, 3.05) is 14.2 Å². The fourth-order valence-electron chi connectivity index (χ4n) is 2.53. The molecule has 2 rings (SSSR count). The first-order valence-corrected chi connectivity index (χ1v) is 9.58. The second-order valence-corrected chi connectivity index (χ2v) is 7.67. The SMILES string of the molecule is COc1nc(OC)nc(OC(=O)C[C@@H](Cc2cc(F)c(F)cc2F)NC(=O)OC(C)(C)C)n1. The second kappa shape index (κ2) is 10.8. The molecule has 13 heteroatoms. The van der Waals surface area contributed by atoms with Gasteiger partial charge in [-0.15, -0.1) is 15.0 Å². The van der Waals surface area contributed by atoms with E-state index in [2.05, 4.69) is 20.3 Å². The zero-order valence-electron chi connectivity index (χ0n) is 18.6. The van der Waals surface area contributed by atoms with Crippen molar-refractivity contribution >= 4 is 12.1 Å². The van der Waals surface area contributed by atoms with Gasteiger partial charge in [-0.25, -0.2) is 18.0 Å². The predicted molar refractivity (Wildman–Crippen MR) is 106 cm³/mol. The highest BCUT2D eigenvalue weighted by atomic mass is 19.2. The Hall–Kier alpha value is -3.64. The Kier molecular flexibility index (Phi) is 8.38. The number of nitrogens with zero attached hydrogens (tertiary/aromatic N) is 3. The number of halogens is 3. The van der Waals surface area contributed by atoms with Crippen molar-refractivity contribution in [1.82, 2.24) is 20.3 Å². The van der Waals surface area contributed by atoms with Crippen molar-refractivity contribution in [3.05, 3.63) is 35.1 Å². The number of carbonyl (C=O) groups excluding carboxylic acids is 2. The molecule has 0 fully saturated rings. The molecule has 33 heavy (non-hydrogen) atoms. The summed E-state index contributed by atoms with van der Waals surface area (Å²) in [5.74, 6) is -4.64. The van der Waals surface area contributed by atoms with Gasteiger partial charge in [-0.05, 0) is 38.8 Å². The van der Waals surface area contributed by atoms with Crippen LogP contribution in [0.3, 0.4) is 0 Å². The van der Waals surface area contributed by atoms with Crippen LogP contribution in [0.1, 0.15) is 32.8 Å². The zero-order valence-corrected chi connectivity index (χ0v) is 18.6. The highest BCUT2D eigenvalue weighted by Gasteiger charge is 2.25. The molecule has 1 amide bonds. The summed E-state index contributed by atoms with van der Waals surface area (Å²) in [5.41, 5.74) is -1.13. The number of nitrogens with one attached hydrogen (secondary N) is 1. The number of hydrogen-bond acceptors (Lipinski definition) is 9. The van der Waals surface area contributed by atoms with Crippen LogP contribution in [-0.4, -0.2) is 52.9 Å². The van der Waals surface area contributed by atoms with Crippen molar-refractivity contribution in [2.45, 2.75) is 45.3 Å². The zero-order chi connectivity index (χ0) is 24.8. The number of benzene rings is 1. The normalized spacial score (nSPS) is 12.0. The summed E-state index contributed by atoms with van der Waals surface area (Å²) in [6, 6.07) is -0.914. The molecule has 0 saturated carbocycles. The van der Waals surface area contributed by atoms with Gasteiger partial charge in [0.05, 0.1) is 20.6 Å². The molecule has 0 spiro atoms. The molecule has 0 aliphatic carbocycles. The van der Waals surface area contributed by atoms with Crippen molar-refractivity contribution in [3.63, 3.8) is 0 Å². The number of rotatable bonds is 8. The average molecular weight is 472 g/mol. The third kappa shape index (κ3) is 8.09. The third-order valence-corrected chi connectivity index (χ3v) is 3.83. The number of alkyl carbamates (subject to hydrolysis) is 1. The Bertz CT molecular complexity index is 994. The van der Waals surface area contributed by atoms with E-state index in [-0.39, 0.29) is 24.0 Å². The highest BCUT2D eigenvalue weighted by molar-refractivity contribution is 5.74. The third-order valence-electron chi connectivity index (χ3n) is 3.83. The summed E-state index contributed by atoms with van der Waals surface area (Å²) in [6.45, 7) is 4.85. The average Bonchev–Trinajstić information content (AvgIpc) is 2.69. The van der Waals surface area contributed by atoms with E-state index in [0.29, 0.717) is 12.1 Å². The first-order chi connectivity index (χ1) is 15.4. The Labute approximate surface area is 187 Å². The molecule has 0 unspecified atom stereocenters. The molecule has 0 radical (unpaired) electrons. The number of carbonyl (C=O) groups is 2. The lowest BCUT2D eigenvalue weighted by atomic mass is 10.0. The predicted octanol–water partition coefficient (Wildman–Crippen LogP) is 2.74. The van der Waals surface area contributed by atoms with Gasteiger partial charge in [0.25, 0.3) is 0 Å². The van der Waals surface area contributed by atoms with Crippen LogP contribution in [-0.2, 0) is 16.0 Å². The van der Waals surface area contributed by atoms with Gasteiger partial charge in [0, 0.05) is 12.1 Å². The van der Waals surface area contributed by atoms with Crippen LogP contribution in [0, 0.1) is 17.5 Å². The molecule has 0 aliphatic heterocycles. The molecular weight excluding hydrogens is 449 g/mol. The molecule has 180 valence electrons. The van der Waals surface area contributed by atoms with Crippen LogP contribution in [0.2, 0.25) is 0 Å². The van der Waals surface area contributed by atoms with Crippen LogP contribution in [0.5, 0.6) is 18.0 Å². The molecule has 1 atom stereocenters. The maximum Gasteiger partial charge on any atom is 0.407 e. The minimum absolute atomic E-state index is 0.183. The number of ether oxygens (including phenoxy) is 4. The van der Waals surface area contributed by atoms with Gasteiger partial charge < -0.3 is 24.3 Å². The summed E-state index contributed by atoms with van der Waals surface area (Å²) in [7, 11) is 2.55. The summed E-state index contributed by atoms with van der Waals surface area (Å²) >= 11 is 0. The van der Waals surface area contributed by atoms with Crippen LogP contribution >= 0.6 is 0 Å². The van der Waals surface area contributed by atoms with Gasteiger partial charge >= 0.3 is 30.1 Å². The summed E-state index contributed by atoms with van der Waals surface area (Å²) in [6.07, 6.45) is -1.80. The summed E-state index contributed by atoms with van der Waals surface area (Å²) in [4.78, 5) is 35.9. The van der Waals surface area contributed by atoms with Gasteiger partial charge in [0.1, 0.15) is 11.4 Å². The van der Waals surface area contributed by atoms with Crippen molar-refractivity contribution in [2.24, 2.45) is 0 Å². The first kappa shape index (κ1) is 25.6. The monoisotopic (exact) mass is 472 g/mol. The molecule has 1 aromatic carbocycles. The lowest BCUT2D eigenvalue weighted by Gasteiger charge is -2.23. The maximum absolute atomic E-state index is 14.1. The minimum Gasteiger partial charge on any atom is -0.467 e. The van der Waals surface area contributed by atoms with E-state index in [9.17, 15) is 22.8 Å². The van der Waals surface area contributed by atoms with Gasteiger partial charge in [-0.2, -0.15) is 0 Å². The summed E-state index contributed by atoms with van der Waals surface area (Å²) in [5, 5.41) is 2.40. The molecular formula is C20H23F3N4O6. The smallest absolute Gasteiger partial charge is 0.407 e. The van der Waals surface area contributed by atoms with E-state index < -0.39 is 53.6 Å². The fraction of sp³-hybridized carbons (Fsp3) is 0.450. The quantitative estimate of drug-likeness (QED) is 0.456. The van der Waals surface area contributed by atoms with E-state index >= 15 is 0 Å². The van der Waals surface area contributed by atoms with E-state index in [1.54, 1.807) is 20.8 Å². The Morgan fingerprint density at radius 2 is 1.48 bits per heavy atom. The highest BCUT2D eigenvalue weighted by Crippen LogP contribution is 2.18. The lowest BCUT2D eigenvalue weighted by Crippen LogP contribution is -2.42. The first-order valence-electron chi connectivity index (χ1n) is 9.58. The number of hydrogen-bond donors (Lipinski definition) is 1. The maximum atomic E-state index is 14.1. The lowest BCUT2D eigenvalue weighted by molar-refractivity contribution is -0.135. The van der Waals surface area contributed by atoms with Gasteiger partial charge in [0.2, 0.25) is 0 Å². The number of methoxy groups -OCH3 is 2. The fourth-order valence-corrected chi connectivity index (χ4v) is 2.53. The van der Waals surface area contributed by atoms with Gasteiger partial charge in [0.15, 0.2) is 11.6 Å². The van der Waals surface area contributed by atoms with Crippen LogP contribution < -0.4 is 19.5 Å². The second-order valence-electron chi connectivity index (χ2n) is 7.67. The Morgan fingerprint density at radius 3 is 2.03 bits per heavy atom. The van der Waals surface area contributed by atoms with Gasteiger partial charge in [-0.1, -0.05) is 0 Å². The van der Waals surface area contributed by atoms with Crippen molar-refractivity contribution < 1.29 is 41.7 Å². The Balaban J connectivity index is 2.21.